The van der Waals surface area contributed by atoms with Crippen molar-refractivity contribution in [2.45, 2.75) is 53.4 Å². The van der Waals surface area contributed by atoms with Gasteiger partial charge in [0.25, 0.3) is 0 Å². The zero-order chi connectivity index (χ0) is 10.3. The van der Waals surface area contributed by atoms with Gasteiger partial charge in [-0.3, -0.25) is 0 Å². The van der Waals surface area contributed by atoms with Gasteiger partial charge < -0.3 is 5.32 Å². The predicted octanol–water partition coefficient (Wildman–Crippen LogP) is 3.45. The molecule has 0 amide bonds. The average molecular weight is 185 g/mol. The van der Waals surface area contributed by atoms with Crippen molar-refractivity contribution in [1.29, 1.82) is 0 Å². The molecule has 0 saturated heterocycles. The maximum atomic E-state index is 3.28. The van der Waals surface area contributed by atoms with E-state index in [1.807, 2.05) is 0 Å². The Bertz CT molecular complexity index is 118. The van der Waals surface area contributed by atoms with Crippen molar-refractivity contribution in [3.05, 3.63) is 0 Å². The molecule has 0 saturated carbocycles. The third-order valence-electron chi connectivity index (χ3n) is 2.84. The summed E-state index contributed by atoms with van der Waals surface area (Å²) < 4.78 is 0. The Hall–Kier alpha value is -0.0400. The normalized spacial score (nSPS) is 14.5. The highest BCUT2D eigenvalue weighted by Gasteiger charge is 2.20. The lowest BCUT2D eigenvalue weighted by molar-refractivity contribution is 0.238. The van der Waals surface area contributed by atoms with Crippen LogP contribution in [0.3, 0.4) is 0 Å². The van der Waals surface area contributed by atoms with Crippen molar-refractivity contribution < 1.29 is 0 Å². The monoisotopic (exact) mass is 185 g/mol. The van der Waals surface area contributed by atoms with E-state index < -0.39 is 0 Å². The van der Waals surface area contributed by atoms with Crippen LogP contribution in [0.2, 0.25) is 0 Å². The molecule has 0 aliphatic rings. The first-order chi connectivity index (χ1) is 6.05. The number of nitrogens with one attached hydrogen (secondary N) is 1. The zero-order valence-corrected chi connectivity index (χ0v) is 10.1. The van der Waals surface area contributed by atoms with Crippen molar-refractivity contribution in [2.75, 3.05) is 13.6 Å². The van der Waals surface area contributed by atoms with Crippen LogP contribution in [0.1, 0.15) is 53.4 Å². The van der Waals surface area contributed by atoms with Gasteiger partial charge >= 0.3 is 0 Å². The standard InChI is InChI=1S/C12H27N/c1-6-8-12(3,4)9-11(7-2)10-13-5/h11,13H,6-10H2,1-5H3. The van der Waals surface area contributed by atoms with Crippen LogP contribution in [-0.2, 0) is 0 Å². The fourth-order valence-corrected chi connectivity index (χ4v) is 2.21. The minimum absolute atomic E-state index is 0.534. The Balaban J connectivity index is 3.89. The first-order valence-electron chi connectivity index (χ1n) is 5.70. The van der Waals surface area contributed by atoms with Gasteiger partial charge in [-0.2, -0.15) is 0 Å². The van der Waals surface area contributed by atoms with E-state index in [1.54, 1.807) is 0 Å². The van der Waals surface area contributed by atoms with Crippen molar-refractivity contribution in [2.24, 2.45) is 11.3 Å². The lowest BCUT2D eigenvalue weighted by Gasteiger charge is -2.29. The maximum Gasteiger partial charge on any atom is -0.00234 e. The molecular weight excluding hydrogens is 158 g/mol. The Morgan fingerprint density at radius 2 is 1.85 bits per heavy atom. The van der Waals surface area contributed by atoms with Crippen LogP contribution in [0.15, 0.2) is 0 Å². The summed E-state index contributed by atoms with van der Waals surface area (Å²) in [6.45, 7) is 10.5. The average Bonchev–Trinajstić information content (AvgIpc) is 2.03. The molecule has 0 aliphatic carbocycles. The SMILES string of the molecule is CCCC(C)(C)CC(CC)CNC. The summed E-state index contributed by atoms with van der Waals surface area (Å²) in [5, 5.41) is 3.28. The van der Waals surface area contributed by atoms with Crippen LogP contribution >= 0.6 is 0 Å². The number of rotatable bonds is 7. The summed E-state index contributed by atoms with van der Waals surface area (Å²) in [6.07, 6.45) is 5.32. The smallest absolute Gasteiger partial charge is 0.00234 e. The van der Waals surface area contributed by atoms with E-state index in [0.29, 0.717) is 5.41 Å². The van der Waals surface area contributed by atoms with Crippen molar-refractivity contribution >= 4 is 0 Å². The van der Waals surface area contributed by atoms with E-state index in [2.05, 4.69) is 40.1 Å². The molecule has 1 atom stereocenters. The van der Waals surface area contributed by atoms with E-state index in [1.165, 1.54) is 32.2 Å². The molecule has 0 bridgehead atoms. The summed E-state index contributed by atoms with van der Waals surface area (Å²) in [5.74, 6) is 0.853. The van der Waals surface area contributed by atoms with Gasteiger partial charge in [0.2, 0.25) is 0 Å². The highest BCUT2D eigenvalue weighted by molar-refractivity contribution is 4.73. The van der Waals surface area contributed by atoms with E-state index in [0.717, 1.165) is 5.92 Å². The molecule has 0 heterocycles. The molecule has 0 fully saturated rings. The van der Waals surface area contributed by atoms with Gasteiger partial charge in [0, 0.05) is 0 Å². The van der Waals surface area contributed by atoms with Gasteiger partial charge in [-0.1, -0.05) is 40.5 Å². The Labute approximate surface area is 84.3 Å². The molecule has 1 heteroatoms. The van der Waals surface area contributed by atoms with Gasteiger partial charge in [-0.05, 0) is 37.8 Å². The molecule has 0 aromatic carbocycles. The molecule has 1 N–H and O–H groups in total. The molecule has 1 nitrogen and oxygen atoms in total. The number of hydrogen-bond acceptors (Lipinski definition) is 1. The van der Waals surface area contributed by atoms with Crippen LogP contribution in [0, 0.1) is 11.3 Å². The van der Waals surface area contributed by atoms with Gasteiger partial charge in [0.1, 0.15) is 0 Å². The summed E-state index contributed by atoms with van der Waals surface area (Å²) >= 11 is 0. The molecule has 1 unspecified atom stereocenters. The van der Waals surface area contributed by atoms with Crippen LogP contribution in [0.5, 0.6) is 0 Å². The molecule has 0 spiro atoms. The second-order valence-corrected chi connectivity index (χ2v) is 4.95. The van der Waals surface area contributed by atoms with E-state index in [9.17, 15) is 0 Å². The second-order valence-electron chi connectivity index (χ2n) is 4.95. The predicted molar refractivity (Wildman–Crippen MR) is 61.0 cm³/mol. The highest BCUT2D eigenvalue weighted by Crippen LogP contribution is 2.31. The minimum atomic E-state index is 0.534. The molecule has 80 valence electrons. The first-order valence-corrected chi connectivity index (χ1v) is 5.70. The van der Waals surface area contributed by atoms with Crippen LogP contribution < -0.4 is 5.32 Å². The summed E-state index contributed by atoms with van der Waals surface area (Å²) in [4.78, 5) is 0. The van der Waals surface area contributed by atoms with Crippen molar-refractivity contribution in [3.63, 3.8) is 0 Å². The Morgan fingerprint density at radius 3 is 2.23 bits per heavy atom. The van der Waals surface area contributed by atoms with Gasteiger partial charge in [-0.15, -0.1) is 0 Å². The molecule has 0 aromatic rings. The number of hydrogen-bond donors (Lipinski definition) is 1. The van der Waals surface area contributed by atoms with Crippen molar-refractivity contribution in [1.82, 2.24) is 5.32 Å². The zero-order valence-electron chi connectivity index (χ0n) is 10.1. The molecular formula is C12H27N. The fourth-order valence-electron chi connectivity index (χ4n) is 2.21. The van der Waals surface area contributed by atoms with Crippen LogP contribution in [0.4, 0.5) is 0 Å². The minimum Gasteiger partial charge on any atom is -0.319 e. The largest absolute Gasteiger partial charge is 0.319 e. The second kappa shape index (κ2) is 6.42. The Morgan fingerprint density at radius 1 is 1.23 bits per heavy atom. The fraction of sp³-hybridized carbons (Fsp3) is 1.00. The van der Waals surface area contributed by atoms with Gasteiger partial charge in [0.15, 0.2) is 0 Å². The third kappa shape index (κ3) is 6.09. The molecule has 0 rings (SSSR count). The quantitative estimate of drug-likeness (QED) is 0.640. The van der Waals surface area contributed by atoms with E-state index in [4.69, 9.17) is 0 Å². The van der Waals surface area contributed by atoms with Gasteiger partial charge in [-0.25, -0.2) is 0 Å². The molecule has 13 heavy (non-hydrogen) atoms. The summed E-state index contributed by atoms with van der Waals surface area (Å²) in [6, 6.07) is 0. The van der Waals surface area contributed by atoms with E-state index in [-0.39, 0.29) is 0 Å². The van der Waals surface area contributed by atoms with Crippen molar-refractivity contribution in [3.8, 4) is 0 Å². The van der Waals surface area contributed by atoms with Crippen LogP contribution in [-0.4, -0.2) is 13.6 Å². The molecule has 0 aliphatic heterocycles. The Kier molecular flexibility index (Phi) is 6.40. The third-order valence-corrected chi connectivity index (χ3v) is 2.84. The van der Waals surface area contributed by atoms with Crippen LogP contribution in [0.25, 0.3) is 0 Å². The summed E-state index contributed by atoms with van der Waals surface area (Å²) in [5.41, 5.74) is 0.534. The van der Waals surface area contributed by atoms with Gasteiger partial charge in [0.05, 0.1) is 0 Å². The van der Waals surface area contributed by atoms with E-state index >= 15 is 0 Å². The maximum absolute atomic E-state index is 3.28. The molecule has 0 aromatic heterocycles. The molecule has 0 radical (unpaired) electrons. The highest BCUT2D eigenvalue weighted by atomic mass is 14.8. The lowest BCUT2D eigenvalue weighted by Crippen LogP contribution is -2.24. The topological polar surface area (TPSA) is 12.0 Å². The first kappa shape index (κ1) is 13.0. The lowest BCUT2D eigenvalue weighted by atomic mass is 9.78. The summed E-state index contributed by atoms with van der Waals surface area (Å²) in [7, 11) is 2.05.